The Morgan fingerprint density at radius 1 is 1.71 bits per heavy atom. The van der Waals surface area contributed by atoms with E-state index in [0.717, 1.165) is 13.0 Å². The predicted molar refractivity (Wildman–Crippen MR) is 50.5 cm³/mol. The average molecular weight is 197 g/mol. The first kappa shape index (κ1) is 9.64. The van der Waals surface area contributed by atoms with E-state index >= 15 is 0 Å². The van der Waals surface area contributed by atoms with Gasteiger partial charge in [0.2, 0.25) is 0 Å². The van der Waals surface area contributed by atoms with Gasteiger partial charge in [0, 0.05) is 12.6 Å². The number of aromatic nitrogens is 1. The van der Waals surface area contributed by atoms with Crippen LogP contribution in [0.15, 0.2) is 16.9 Å². The Bertz CT molecular complexity index is 280. The molecule has 2 heterocycles. The number of nitrogens with one attached hydrogen (secondary N) is 1. The second-order valence-corrected chi connectivity index (χ2v) is 3.79. The summed E-state index contributed by atoms with van der Waals surface area (Å²) in [5, 5.41) is 17.1. The van der Waals surface area contributed by atoms with E-state index in [9.17, 15) is 5.11 Å². The summed E-state index contributed by atoms with van der Waals surface area (Å²) >= 11 is 0. The van der Waals surface area contributed by atoms with E-state index in [0.29, 0.717) is 18.7 Å². The van der Waals surface area contributed by atoms with Gasteiger partial charge in [-0.15, -0.1) is 0 Å². The van der Waals surface area contributed by atoms with E-state index in [4.69, 9.17) is 10.3 Å². The van der Waals surface area contributed by atoms with E-state index in [-0.39, 0.29) is 0 Å². The third-order valence-corrected chi connectivity index (χ3v) is 2.75. The number of aliphatic hydroxyl groups is 1. The van der Waals surface area contributed by atoms with Crippen LogP contribution in [0.1, 0.15) is 24.6 Å². The van der Waals surface area contributed by atoms with E-state index < -0.39 is 11.6 Å². The second kappa shape index (κ2) is 3.68. The van der Waals surface area contributed by atoms with Crippen molar-refractivity contribution in [3.63, 3.8) is 0 Å². The number of hydrogen-bond donors (Lipinski definition) is 3. The largest absolute Gasteiger partial charge is 0.387 e. The van der Waals surface area contributed by atoms with E-state index in [1.165, 1.54) is 6.26 Å². The summed E-state index contributed by atoms with van der Waals surface area (Å²) in [5.74, 6) is 0. The van der Waals surface area contributed by atoms with Gasteiger partial charge in [-0.05, 0) is 19.4 Å². The summed E-state index contributed by atoms with van der Waals surface area (Å²) in [6.45, 7) is 1.45. The molecule has 5 heteroatoms. The molecule has 0 radical (unpaired) electrons. The molecule has 2 rings (SSSR count). The molecule has 78 valence electrons. The first-order valence-electron chi connectivity index (χ1n) is 4.81. The molecule has 0 spiro atoms. The van der Waals surface area contributed by atoms with Crippen LogP contribution in [0.25, 0.3) is 0 Å². The average Bonchev–Trinajstić information content (AvgIpc) is 2.70. The SMILES string of the molecule is NC(c1ccon1)C1(O)CCCNC1. The molecule has 2 atom stereocenters. The lowest BCUT2D eigenvalue weighted by atomic mass is 9.85. The van der Waals surface area contributed by atoms with Crippen LogP contribution in [0.5, 0.6) is 0 Å². The van der Waals surface area contributed by atoms with Gasteiger partial charge in [0.05, 0.1) is 11.6 Å². The molecule has 0 amide bonds. The molecule has 1 aromatic rings. The second-order valence-electron chi connectivity index (χ2n) is 3.79. The van der Waals surface area contributed by atoms with Crippen molar-refractivity contribution in [2.75, 3.05) is 13.1 Å². The normalized spacial score (nSPS) is 30.1. The number of piperidine rings is 1. The molecule has 1 fully saturated rings. The Balaban J connectivity index is 2.13. The quantitative estimate of drug-likeness (QED) is 0.611. The molecule has 4 N–H and O–H groups in total. The van der Waals surface area contributed by atoms with Crippen LogP contribution in [0.2, 0.25) is 0 Å². The topological polar surface area (TPSA) is 84.3 Å². The summed E-state index contributed by atoms with van der Waals surface area (Å²) in [6, 6.07) is 1.21. The number of hydrogen-bond acceptors (Lipinski definition) is 5. The molecule has 0 saturated carbocycles. The molecule has 1 aliphatic heterocycles. The van der Waals surface area contributed by atoms with Crippen molar-refractivity contribution in [1.82, 2.24) is 10.5 Å². The third kappa shape index (κ3) is 1.66. The lowest BCUT2D eigenvalue weighted by Crippen LogP contribution is -2.52. The monoisotopic (exact) mass is 197 g/mol. The van der Waals surface area contributed by atoms with Crippen LogP contribution in [-0.2, 0) is 0 Å². The Morgan fingerprint density at radius 3 is 3.14 bits per heavy atom. The molecule has 2 unspecified atom stereocenters. The van der Waals surface area contributed by atoms with Crippen LogP contribution in [0, 0.1) is 0 Å². The highest BCUT2D eigenvalue weighted by atomic mass is 16.5. The summed E-state index contributed by atoms with van der Waals surface area (Å²) in [5.41, 5.74) is 5.65. The van der Waals surface area contributed by atoms with Gasteiger partial charge in [-0.3, -0.25) is 0 Å². The fourth-order valence-corrected chi connectivity index (χ4v) is 1.84. The van der Waals surface area contributed by atoms with Gasteiger partial charge in [0.15, 0.2) is 0 Å². The number of rotatable bonds is 2. The fraction of sp³-hybridized carbons (Fsp3) is 0.667. The van der Waals surface area contributed by atoms with Crippen LogP contribution in [0.4, 0.5) is 0 Å². The smallest absolute Gasteiger partial charge is 0.124 e. The molecule has 1 aromatic heterocycles. The Labute approximate surface area is 82.3 Å². The minimum atomic E-state index is -0.894. The zero-order chi connectivity index (χ0) is 10.0. The minimum absolute atomic E-state index is 0.478. The third-order valence-electron chi connectivity index (χ3n) is 2.75. The molecule has 1 aliphatic rings. The highest BCUT2D eigenvalue weighted by Gasteiger charge is 2.37. The van der Waals surface area contributed by atoms with Gasteiger partial charge >= 0.3 is 0 Å². The van der Waals surface area contributed by atoms with Crippen molar-refractivity contribution in [2.45, 2.75) is 24.5 Å². The van der Waals surface area contributed by atoms with Crippen molar-refractivity contribution in [1.29, 1.82) is 0 Å². The van der Waals surface area contributed by atoms with Crippen LogP contribution < -0.4 is 11.1 Å². The maximum absolute atomic E-state index is 10.2. The minimum Gasteiger partial charge on any atom is -0.387 e. The zero-order valence-electron chi connectivity index (χ0n) is 7.94. The Morgan fingerprint density at radius 2 is 2.57 bits per heavy atom. The number of nitrogens with zero attached hydrogens (tertiary/aromatic N) is 1. The standard InChI is InChI=1S/C9H15N3O2/c10-8(7-2-5-14-12-7)9(13)3-1-4-11-6-9/h2,5,8,11,13H,1,3-4,6,10H2. The number of nitrogens with two attached hydrogens (primary N) is 1. The van der Waals surface area contributed by atoms with Gasteiger partial charge < -0.3 is 20.7 Å². The molecule has 0 aliphatic carbocycles. The molecular weight excluding hydrogens is 182 g/mol. The Kier molecular flexibility index (Phi) is 2.54. The van der Waals surface area contributed by atoms with Crippen molar-refractivity contribution in [3.05, 3.63) is 18.0 Å². The Hall–Kier alpha value is -0.910. The lowest BCUT2D eigenvalue weighted by molar-refractivity contribution is -0.0100. The van der Waals surface area contributed by atoms with Crippen molar-refractivity contribution in [3.8, 4) is 0 Å². The van der Waals surface area contributed by atoms with Gasteiger partial charge in [-0.25, -0.2) is 0 Å². The predicted octanol–water partition coefficient (Wildman–Crippen LogP) is -0.211. The molecule has 14 heavy (non-hydrogen) atoms. The van der Waals surface area contributed by atoms with Crippen molar-refractivity contribution in [2.24, 2.45) is 5.73 Å². The van der Waals surface area contributed by atoms with Gasteiger partial charge in [-0.2, -0.15) is 0 Å². The van der Waals surface area contributed by atoms with Crippen LogP contribution in [-0.4, -0.2) is 29.0 Å². The van der Waals surface area contributed by atoms with Crippen molar-refractivity contribution < 1.29 is 9.63 Å². The summed E-state index contributed by atoms with van der Waals surface area (Å²) in [7, 11) is 0. The van der Waals surface area contributed by atoms with Gasteiger partial charge in [0.1, 0.15) is 12.0 Å². The molecule has 0 aromatic carbocycles. The number of β-amino-alcohol motifs (C(OH)–C–C–N with tert-alkyl or cyclic N) is 1. The summed E-state index contributed by atoms with van der Waals surface area (Å²) in [4.78, 5) is 0. The van der Waals surface area contributed by atoms with Crippen LogP contribution in [0.3, 0.4) is 0 Å². The van der Waals surface area contributed by atoms with Gasteiger partial charge in [-0.1, -0.05) is 5.16 Å². The summed E-state index contributed by atoms with van der Waals surface area (Å²) < 4.78 is 4.71. The van der Waals surface area contributed by atoms with E-state index in [1.807, 2.05) is 0 Å². The maximum Gasteiger partial charge on any atom is 0.124 e. The highest BCUT2D eigenvalue weighted by molar-refractivity contribution is 5.10. The van der Waals surface area contributed by atoms with Gasteiger partial charge in [0.25, 0.3) is 0 Å². The maximum atomic E-state index is 10.2. The lowest BCUT2D eigenvalue weighted by Gasteiger charge is -2.36. The van der Waals surface area contributed by atoms with E-state index in [1.54, 1.807) is 6.07 Å². The van der Waals surface area contributed by atoms with Crippen LogP contribution >= 0.6 is 0 Å². The fourth-order valence-electron chi connectivity index (χ4n) is 1.84. The molecule has 5 nitrogen and oxygen atoms in total. The highest BCUT2D eigenvalue weighted by Crippen LogP contribution is 2.28. The molecule has 1 saturated heterocycles. The first-order valence-corrected chi connectivity index (χ1v) is 4.81. The first-order chi connectivity index (χ1) is 6.72. The molecule has 0 bridgehead atoms. The van der Waals surface area contributed by atoms with E-state index in [2.05, 4.69) is 10.5 Å². The molecular formula is C9H15N3O2. The summed E-state index contributed by atoms with van der Waals surface area (Å²) in [6.07, 6.45) is 3.10. The zero-order valence-corrected chi connectivity index (χ0v) is 7.94. The van der Waals surface area contributed by atoms with Crippen molar-refractivity contribution >= 4 is 0 Å².